The predicted octanol–water partition coefficient (Wildman–Crippen LogP) is 3.86. The van der Waals surface area contributed by atoms with Crippen LogP contribution in [-0.4, -0.2) is 25.8 Å². The fourth-order valence-electron chi connectivity index (χ4n) is 3.32. The van der Waals surface area contributed by atoms with Crippen LogP contribution >= 0.6 is 15.9 Å². The summed E-state index contributed by atoms with van der Waals surface area (Å²) in [6, 6.07) is 2.68. The molecule has 0 radical (unpaired) electrons. The number of rotatable bonds is 3. The highest BCUT2D eigenvalue weighted by Gasteiger charge is 2.23. The molecule has 2 aliphatic rings. The fraction of sp³-hybridized carbons (Fsp3) is 0.647. The Labute approximate surface area is 135 Å². The lowest BCUT2D eigenvalue weighted by atomic mass is 9.93. The maximum absolute atomic E-state index is 5.99. The van der Waals surface area contributed by atoms with Gasteiger partial charge in [-0.05, 0) is 43.9 Å². The molecular weight excluding hydrogens is 330 g/mol. The first kappa shape index (κ1) is 15.2. The second-order valence-corrected chi connectivity index (χ2v) is 6.75. The first-order chi connectivity index (χ1) is 10.3. The lowest BCUT2D eigenvalue weighted by molar-refractivity contribution is 0.296. The van der Waals surface area contributed by atoms with Crippen LogP contribution in [0.25, 0.3) is 0 Å². The summed E-state index contributed by atoms with van der Waals surface area (Å²) in [5.41, 5.74) is 2.70. The number of halogens is 1. The van der Waals surface area contributed by atoms with Gasteiger partial charge in [-0.3, -0.25) is 0 Å². The highest BCUT2D eigenvalue weighted by atomic mass is 79.9. The van der Waals surface area contributed by atoms with Gasteiger partial charge in [0.25, 0.3) is 0 Å². The third kappa shape index (κ3) is 3.37. The average Bonchev–Trinajstić information content (AvgIpc) is 2.74. The van der Waals surface area contributed by atoms with E-state index in [1.807, 2.05) is 0 Å². The van der Waals surface area contributed by atoms with E-state index >= 15 is 0 Å². The smallest absolute Gasteiger partial charge is 0.164 e. The Balaban J connectivity index is 1.92. The van der Waals surface area contributed by atoms with Crippen molar-refractivity contribution in [1.29, 1.82) is 0 Å². The Morgan fingerprint density at radius 1 is 1.19 bits per heavy atom. The van der Waals surface area contributed by atoms with Gasteiger partial charge in [-0.25, -0.2) is 0 Å². The normalized spacial score (nSPS) is 21.9. The zero-order valence-corrected chi connectivity index (χ0v) is 14.3. The van der Waals surface area contributed by atoms with Crippen molar-refractivity contribution in [3.63, 3.8) is 0 Å². The van der Waals surface area contributed by atoms with Crippen molar-refractivity contribution >= 4 is 15.9 Å². The van der Waals surface area contributed by atoms with Gasteiger partial charge in [0, 0.05) is 22.5 Å². The van der Waals surface area contributed by atoms with Gasteiger partial charge in [-0.15, -0.1) is 0 Å². The Morgan fingerprint density at radius 3 is 2.81 bits per heavy atom. The zero-order chi connectivity index (χ0) is 14.7. The van der Waals surface area contributed by atoms with Crippen molar-refractivity contribution in [1.82, 2.24) is 5.32 Å². The molecule has 1 fully saturated rings. The van der Waals surface area contributed by atoms with Crippen molar-refractivity contribution in [2.45, 2.75) is 51.5 Å². The van der Waals surface area contributed by atoms with Crippen molar-refractivity contribution in [2.75, 3.05) is 19.8 Å². The lowest BCUT2D eigenvalue weighted by Crippen LogP contribution is -2.35. The largest absolute Gasteiger partial charge is 0.490 e. The maximum atomic E-state index is 5.99. The molecule has 116 valence electrons. The number of nitrogens with one attached hydrogen (secondary N) is 1. The molecule has 0 saturated carbocycles. The molecule has 0 aromatic heterocycles. The van der Waals surface area contributed by atoms with E-state index in [-0.39, 0.29) is 0 Å². The van der Waals surface area contributed by atoms with Crippen molar-refractivity contribution in [3.8, 4) is 11.5 Å². The summed E-state index contributed by atoms with van der Waals surface area (Å²) in [5, 5.41) is 3.65. The molecule has 1 aromatic rings. The van der Waals surface area contributed by atoms with E-state index in [0.29, 0.717) is 6.04 Å². The first-order valence-electron chi connectivity index (χ1n) is 8.12. The van der Waals surface area contributed by atoms with Crippen molar-refractivity contribution in [2.24, 2.45) is 0 Å². The maximum Gasteiger partial charge on any atom is 0.164 e. The van der Waals surface area contributed by atoms with E-state index in [4.69, 9.17) is 9.47 Å². The fourth-order valence-corrected chi connectivity index (χ4v) is 3.93. The van der Waals surface area contributed by atoms with Crippen LogP contribution in [0, 0.1) is 0 Å². The van der Waals surface area contributed by atoms with Crippen LogP contribution in [-0.2, 0) is 12.8 Å². The van der Waals surface area contributed by atoms with Gasteiger partial charge in [0.05, 0.1) is 13.2 Å². The van der Waals surface area contributed by atoms with E-state index in [2.05, 4.69) is 34.2 Å². The molecule has 0 amide bonds. The van der Waals surface area contributed by atoms with E-state index in [0.717, 1.165) is 55.0 Å². The highest BCUT2D eigenvalue weighted by molar-refractivity contribution is 9.10. The first-order valence-corrected chi connectivity index (χ1v) is 8.92. The molecule has 1 aromatic carbocycles. The molecule has 3 nitrogen and oxygen atoms in total. The minimum atomic E-state index is 0.588. The van der Waals surface area contributed by atoms with Crippen molar-refractivity contribution < 1.29 is 9.47 Å². The second kappa shape index (κ2) is 7.01. The third-order valence-electron chi connectivity index (χ3n) is 4.42. The van der Waals surface area contributed by atoms with Gasteiger partial charge in [-0.2, -0.15) is 0 Å². The molecule has 1 atom stereocenters. The highest BCUT2D eigenvalue weighted by Crippen LogP contribution is 2.40. The molecule has 2 aliphatic heterocycles. The topological polar surface area (TPSA) is 30.5 Å². The standard InChI is InChI=1S/C17H24BrNO2/c1-2-13-14(10-12-6-3-4-7-19-12)15(18)11-16-17(13)21-9-5-8-20-16/h11-12,19H,2-10H2,1H3. The van der Waals surface area contributed by atoms with Crippen LogP contribution in [0.5, 0.6) is 11.5 Å². The molecule has 1 N–H and O–H groups in total. The molecule has 0 spiro atoms. The number of benzene rings is 1. The number of fused-ring (bicyclic) bond motifs is 1. The Bertz CT molecular complexity index is 498. The number of piperidine rings is 1. The van der Waals surface area contributed by atoms with E-state index in [1.54, 1.807) is 0 Å². The van der Waals surface area contributed by atoms with Crippen LogP contribution in [0.4, 0.5) is 0 Å². The molecule has 0 aliphatic carbocycles. The molecule has 3 rings (SSSR count). The number of hydrogen-bond donors (Lipinski definition) is 1. The van der Waals surface area contributed by atoms with Gasteiger partial charge in [-0.1, -0.05) is 29.3 Å². The van der Waals surface area contributed by atoms with Crippen LogP contribution < -0.4 is 14.8 Å². The van der Waals surface area contributed by atoms with Crippen LogP contribution in [0.1, 0.15) is 43.7 Å². The van der Waals surface area contributed by atoms with Crippen molar-refractivity contribution in [3.05, 3.63) is 21.7 Å². The number of ether oxygens (including phenoxy) is 2. The lowest BCUT2D eigenvalue weighted by Gasteiger charge is -2.26. The predicted molar refractivity (Wildman–Crippen MR) is 88.5 cm³/mol. The molecule has 2 heterocycles. The average molecular weight is 354 g/mol. The van der Waals surface area contributed by atoms with Crippen LogP contribution in [0.2, 0.25) is 0 Å². The summed E-state index contributed by atoms with van der Waals surface area (Å²) in [5.74, 6) is 1.88. The Morgan fingerprint density at radius 2 is 2.05 bits per heavy atom. The molecule has 4 heteroatoms. The summed E-state index contributed by atoms with van der Waals surface area (Å²) < 4.78 is 13.0. The van der Waals surface area contributed by atoms with E-state index in [9.17, 15) is 0 Å². The molecule has 0 bridgehead atoms. The van der Waals surface area contributed by atoms with Gasteiger partial charge in [0.15, 0.2) is 11.5 Å². The number of hydrogen-bond acceptors (Lipinski definition) is 3. The third-order valence-corrected chi connectivity index (χ3v) is 5.12. The monoisotopic (exact) mass is 353 g/mol. The quantitative estimate of drug-likeness (QED) is 0.894. The van der Waals surface area contributed by atoms with Gasteiger partial charge < -0.3 is 14.8 Å². The van der Waals surface area contributed by atoms with Crippen LogP contribution in [0.3, 0.4) is 0 Å². The Kier molecular flexibility index (Phi) is 5.07. The minimum Gasteiger partial charge on any atom is -0.490 e. The molecule has 1 unspecified atom stereocenters. The van der Waals surface area contributed by atoms with Crippen LogP contribution in [0.15, 0.2) is 10.5 Å². The summed E-state index contributed by atoms with van der Waals surface area (Å²) in [4.78, 5) is 0. The summed E-state index contributed by atoms with van der Waals surface area (Å²) >= 11 is 3.76. The van der Waals surface area contributed by atoms with Gasteiger partial charge >= 0.3 is 0 Å². The van der Waals surface area contributed by atoms with E-state index < -0.39 is 0 Å². The molecule has 1 saturated heterocycles. The van der Waals surface area contributed by atoms with Gasteiger partial charge in [0.2, 0.25) is 0 Å². The molecule has 21 heavy (non-hydrogen) atoms. The van der Waals surface area contributed by atoms with E-state index in [1.165, 1.54) is 30.4 Å². The minimum absolute atomic E-state index is 0.588. The summed E-state index contributed by atoms with van der Waals surface area (Å²) in [6.07, 6.45) is 6.91. The Hall–Kier alpha value is -0.740. The summed E-state index contributed by atoms with van der Waals surface area (Å²) in [7, 11) is 0. The SMILES string of the molecule is CCc1c(CC2CCCCN2)c(Br)cc2c1OCCCO2. The summed E-state index contributed by atoms with van der Waals surface area (Å²) in [6.45, 7) is 4.84. The molecular formula is C17H24BrNO2. The zero-order valence-electron chi connectivity index (χ0n) is 12.7. The second-order valence-electron chi connectivity index (χ2n) is 5.90. The van der Waals surface area contributed by atoms with Gasteiger partial charge in [0.1, 0.15) is 0 Å².